The Morgan fingerprint density at radius 2 is 2.00 bits per heavy atom. The van der Waals surface area contributed by atoms with E-state index in [9.17, 15) is 4.79 Å². The van der Waals surface area contributed by atoms with Gasteiger partial charge in [0, 0.05) is 38.6 Å². The van der Waals surface area contributed by atoms with Crippen molar-refractivity contribution in [2.24, 2.45) is 0 Å². The molecule has 1 aromatic heterocycles. The molecule has 0 radical (unpaired) electrons. The van der Waals surface area contributed by atoms with Crippen LogP contribution in [0.15, 0.2) is 28.8 Å². The van der Waals surface area contributed by atoms with E-state index in [1.54, 1.807) is 7.11 Å². The molecule has 2 heterocycles. The normalized spacial score (nSPS) is 15.4. The fourth-order valence-corrected chi connectivity index (χ4v) is 3.49. The molecule has 0 aliphatic carbocycles. The van der Waals surface area contributed by atoms with E-state index >= 15 is 0 Å². The van der Waals surface area contributed by atoms with Gasteiger partial charge in [0.1, 0.15) is 11.3 Å². The number of carbonyl (C=O) groups excluding carboxylic acids is 1. The highest BCUT2D eigenvalue weighted by atomic mass is 16.5. The number of aryl methyl sites for hydroxylation is 1. The lowest BCUT2D eigenvalue weighted by atomic mass is 10.0. The summed E-state index contributed by atoms with van der Waals surface area (Å²) in [7, 11) is 1.69. The van der Waals surface area contributed by atoms with Gasteiger partial charge in [0.15, 0.2) is 5.76 Å². The number of ether oxygens (including phenoxy) is 1. The molecule has 0 atom stereocenters. The Morgan fingerprint density at radius 1 is 1.26 bits per heavy atom. The molecule has 1 fully saturated rings. The summed E-state index contributed by atoms with van der Waals surface area (Å²) < 4.78 is 10.7. The lowest BCUT2D eigenvalue weighted by Crippen LogP contribution is -2.49. The van der Waals surface area contributed by atoms with Gasteiger partial charge in [-0.2, -0.15) is 0 Å². The van der Waals surface area contributed by atoms with Crippen LogP contribution >= 0.6 is 0 Å². The van der Waals surface area contributed by atoms with Crippen LogP contribution in [0.5, 0.6) is 5.75 Å². The Morgan fingerprint density at radius 3 is 2.67 bits per heavy atom. The number of rotatable bonds is 6. The van der Waals surface area contributed by atoms with Crippen molar-refractivity contribution in [3.63, 3.8) is 0 Å². The maximum atomic E-state index is 13.0. The maximum Gasteiger partial charge on any atom is 0.259 e. The van der Waals surface area contributed by atoms with Crippen molar-refractivity contribution in [3.05, 3.63) is 46.8 Å². The first-order valence-electron chi connectivity index (χ1n) is 9.60. The minimum Gasteiger partial charge on any atom is -0.497 e. The van der Waals surface area contributed by atoms with Crippen molar-refractivity contribution in [2.45, 2.75) is 33.1 Å². The molecule has 3 rings (SSSR count). The highest BCUT2D eigenvalue weighted by Gasteiger charge is 2.28. The number of carbonyl (C=O) groups is 1. The first kappa shape index (κ1) is 19.4. The van der Waals surface area contributed by atoms with Gasteiger partial charge in [-0.05, 0) is 31.0 Å². The number of amides is 1. The molecule has 1 aliphatic rings. The zero-order valence-corrected chi connectivity index (χ0v) is 16.7. The van der Waals surface area contributed by atoms with E-state index in [2.05, 4.69) is 22.2 Å². The molecule has 1 amide bonds. The SMILES string of the molecule is COc1cccc(CCN2CCN(C(=O)c3c(C)noc3C(C)C)CC2)c1. The molecule has 0 N–H and O–H groups in total. The lowest BCUT2D eigenvalue weighted by Gasteiger charge is -2.34. The van der Waals surface area contributed by atoms with Gasteiger partial charge in [0.05, 0.1) is 12.8 Å². The Kier molecular flexibility index (Phi) is 6.16. The van der Waals surface area contributed by atoms with Gasteiger partial charge in [-0.1, -0.05) is 31.1 Å². The molecule has 0 unspecified atom stereocenters. The lowest BCUT2D eigenvalue weighted by molar-refractivity contribution is 0.0635. The Labute approximate surface area is 161 Å². The van der Waals surface area contributed by atoms with E-state index < -0.39 is 0 Å². The fraction of sp³-hybridized carbons (Fsp3) is 0.524. The second-order valence-electron chi connectivity index (χ2n) is 7.40. The van der Waals surface area contributed by atoms with Crippen LogP contribution in [0.4, 0.5) is 0 Å². The molecule has 1 aliphatic heterocycles. The topological polar surface area (TPSA) is 58.8 Å². The summed E-state index contributed by atoms with van der Waals surface area (Å²) in [6.07, 6.45) is 0.980. The summed E-state index contributed by atoms with van der Waals surface area (Å²) in [6.45, 7) is 10.1. The van der Waals surface area contributed by atoms with Crippen molar-refractivity contribution in [3.8, 4) is 5.75 Å². The van der Waals surface area contributed by atoms with Crippen LogP contribution in [-0.2, 0) is 6.42 Å². The van der Waals surface area contributed by atoms with Crippen molar-refractivity contribution < 1.29 is 14.1 Å². The molecule has 1 aromatic carbocycles. The highest BCUT2D eigenvalue weighted by molar-refractivity contribution is 5.96. The summed E-state index contributed by atoms with van der Waals surface area (Å²) >= 11 is 0. The predicted molar refractivity (Wildman–Crippen MR) is 104 cm³/mol. The van der Waals surface area contributed by atoms with Gasteiger partial charge in [0.2, 0.25) is 0 Å². The third-order valence-corrected chi connectivity index (χ3v) is 5.14. The van der Waals surface area contributed by atoms with Crippen LogP contribution in [0, 0.1) is 6.92 Å². The first-order chi connectivity index (χ1) is 13.0. The summed E-state index contributed by atoms with van der Waals surface area (Å²) in [5.74, 6) is 1.78. The molecule has 0 saturated carbocycles. The third kappa shape index (κ3) is 4.50. The van der Waals surface area contributed by atoms with Crippen LogP contribution in [-0.4, -0.2) is 60.7 Å². The molecule has 2 aromatic rings. The Bertz CT molecular complexity index is 777. The molecule has 27 heavy (non-hydrogen) atoms. The average molecular weight is 371 g/mol. The van der Waals surface area contributed by atoms with Crippen molar-refractivity contribution in [2.75, 3.05) is 39.8 Å². The summed E-state index contributed by atoms with van der Waals surface area (Å²) in [5, 5.41) is 4.00. The van der Waals surface area contributed by atoms with Crippen LogP contribution in [0.25, 0.3) is 0 Å². The quantitative estimate of drug-likeness (QED) is 0.781. The number of nitrogens with zero attached hydrogens (tertiary/aromatic N) is 3. The van der Waals surface area contributed by atoms with E-state index in [0.29, 0.717) is 17.0 Å². The van der Waals surface area contributed by atoms with Crippen molar-refractivity contribution in [1.82, 2.24) is 15.0 Å². The number of methoxy groups -OCH3 is 1. The van der Waals surface area contributed by atoms with Gasteiger partial charge < -0.3 is 14.2 Å². The Balaban J connectivity index is 1.54. The van der Waals surface area contributed by atoms with Gasteiger partial charge in [-0.3, -0.25) is 9.69 Å². The van der Waals surface area contributed by atoms with Crippen LogP contribution < -0.4 is 4.74 Å². The van der Waals surface area contributed by atoms with E-state index in [1.165, 1.54) is 5.56 Å². The molecule has 146 valence electrons. The number of benzene rings is 1. The zero-order valence-electron chi connectivity index (χ0n) is 16.7. The van der Waals surface area contributed by atoms with Gasteiger partial charge in [0.25, 0.3) is 5.91 Å². The molecular formula is C21H29N3O3. The number of hydrogen-bond acceptors (Lipinski definition) is 5. The smallest absolute Gasteiger partial charge is 0.259 e. The van der Waals surface area contributed by atoms with Crippen LogP contribution in [0.3, 0.4) is 0 Å². The predicted octanol–water partition coefficient (Wildman–Crippen LogP) is 3.12. The van der Waals surface area contributed by atoms with Crippen molar-refractivity contribution in [1.29, 1.82) is 0 Å². The van der Waals surface area contributed by atoms with E-state index in [0.717, 1.165) is 44.9 Å². The van der Waals surface area contributed by atoms with Crippen LogP contribution in [0.2, 0.25) is 0 Å². The third-order valence-electron chi connectivity index (χ3n) is 5.14. The average Bonchev–Trinajstić information content (AvgIpc) is 3.08. The maximum absolute atomic E-state index is 13.0. The molecular weight excluding hydrogens is 342 g/mol. The number of aromatic nitrogens is 1. The van der Waals surface area contributed by atoms with E-state index in [-0.39, 0.29) is 11.8 Å². The van der Waals surface area contributed by atoms with E-state index in [4.69, 9.17) is 9.26 Å². The van der Waals surface area contributed by atoms with Gasteiger partial charge in [-0.15, -0.1) is 0 Å². The minimum atomic E-state index is 0.0462. The standard InChI is InChI=1S/C21H29N3O3/c1-15(2)20-19(16(3)22-27-20)21(25)24-12-10-23(11-13-24)9-8-17-6-5-7-18(14-17)26-4/h5-7,14-15H,8-13H2,1-4H3. The van der Waals surface area contributed by atoms with Gasteiger partial charge in [-0.25, -0.2) is 0 Å². The van der Waals surface area contributed by atoms with Crippen LogP contribution in [0.1, 0.15) is 47.1 Å². The Hall–Kier alpha value is -2.34. The molecule has 0 spiro atoms. The second-order valence-corrected chi connectivity index (χ2v) is 7.40. The summed E-state index contributed by atoms with van der Waals surface area (Å²) in [4.78, 5) is 17.3. The molecule has 6 heteroatoms. The largest absolute Gasteiger partial charge is 0.497 e. The zero-order chi connectivity index (χ0) is 19.4. The summed E-state index contributed by atoms with van der Waals surface area (Å²) in [5.41, 5.74) is 2.61. The molecule has 0 bridgehead atoms. The minimum absolute atomic E-state index is 0.0462. The van der Waals surface area contributed by atoms with Gasteiger partial charge >= 0.3 is 0 Å². The first-order valence-corrected chi connectivity index (χ1v) is 9.60. The molecule has 1 saturated heterocycles. The number of hydrogen-bond donors (Lipinski definition) is 0. The number of piperazine rings is 1. The van der Waals surface area contributed by atoms with Crippen molar-refractivity contribution >= 4 is 5.91 Å². The van der Waals surface area contributed by atoms with E-state index in [1.807, 2.05) is 37.8 Å². The fourth-order valence-electron chi connectivity index (χ4n) is 3.49. The highest BCUT2D eigenvalue weighted by Crippen LogP contribution is 2.24. The summed E-state index contributed by atoms with van der Waals surface area (Å²) in [6, 6.07) is 8.21. The second kappa shape index (κ2) is 8.57. The molecule has 6 nitrogen and oxygen atoms in total. The monoisotopic (exact) mass is 371 g/mol.